The molecule has 0 bridgehead atoms. The lowest BCUT2D eigenvalue weighted by Crippen LogP contribution is -2.37. The summed E-state index contributed by atoms with van der Waals surface area (Å²) in [6.45, 7) is 6.91. The van der Waals surface area contributed by atoms with E-state index in [4.69, 9.17) is 9.47 Å². The molecule has 2 amide bonds. The van der Waals surface area contributed by atoms with Gasteiger partial charge >= 0.3 is 0 Å². The maximum atomic E-state index is 13.2. The number of carbonyl (C=O) groups is 2. The molecule has 6 heteroatoms. The Balaban J connectivity index is 1.82. The highest BCUT2D eigenvalue weighted by molar-refractivity contribution is 6.04. The van der Waals surface area contributed by atoms with E-state index in [2.05, 4.69) is 6.07 Å². The van der Waals surface area contributed by atoms with Crippen LogP contribution >= 0.6 is 0 Å². The number of amides is 2. The standard InChI is InChI=1S/C23H28N2O4/c1-6-24(19-10-15(2)9-16(3)11-19)23(27)17-12-22(26)25(14-17)18-7-8-20(28-4)21(13-18)29-5/h7-11,13,17H,6,12,14H2,1-5H3. The molecule has 0 aliphatic carbocycles. The Bertz CT molecular complexity index is 905. The molecule has 29 heavy (non-hydrogen) atoms. The zero-order chi connectivity index (χ0) is 21.1. The average Bonchev–Trinajstić information content (AvgIpc) is 3.09. The van der Waals surface area contributed by atoms with E-state index < -0.39 is 0 Å². The first-order valence-corrected chi connectivity index (χ1v) is 9.80. The first-order chi connectivity index (χ1) is 13.9. The van der Waals surface area contributed by atoms with Gasteiger partial charge in [0.15, 0.2) is 11.5 Å². The molecule has 0 spiro atoms. The molecular weight excluding hydrogens is 368 g/mol. The van der Waals surface area contributed by atoms with Crippen molar-refractivity contribution >= 4 is 23.2 Å². The first kappa shape index (κ1) is 20.7. The van der Waals surface area contributed by atoms with E-state index in [1.807, 2.05) is 39.0 Å². The zero-order valence-electron chi connectivity index (χ0n) is 17.7. The second kappa shape index (κ2) is 8.55. The third-order valence-electron chi connectivity index (χ3n) is 5.25. The Labute approximate surface area is 172 Å². The minimum absolute atomic E-state index is 0.0196. The van der Waals surface area contributed by atoms with Crippen LogP contribution in [0.4, 0.5) is 11.4 Å². The Kier molecular flexibility index (Phi) is 6.11. The molecule has 0 radical (unpaired) electrons. The summed E-state index contributed by atoms with van der Waals surface area (Å²) in [7, 11) is 3.13. The Morgan fingerprint density at radius 3 is 2.31 bits per heavy atom. The van der Waals surface area contributed by atoms with Gasteiger partial charge < -0.3 is 19.3 Å². The topological polar surface area (TPSA) is 59.1 Å². The van der Waals surface area contributed by atoms with Crippen LogP contribution in [0.3, 0.4) is 0 Å². The van der Waals surface area contributed by atoms with Crippen LogP contribution in [-0.2, 0) is 9.59 Å². The molecule has 0 N–H and O–H groups in total. The van der Waals surface area contributed by atoms with Gasteiger partial charge in [0.05, 0.1) is 20.1 Å². The van der Waals surface area contributed by atoms with Crippen LogP contribution in [0.1, 0.15) is 24.5 Å². The van der Waals surface area contributed by atoms with Crippen LogP contribution < -0.4 is 19.3 Å². The number of benzene rings is 2. The average molecular weight is 396 g/mol. The molecule has 1 atom stereocenters. The smallest absolute Gasteiger partial charge is 0.232 e. The lowest BCUT2D eigenvalue weighted by atomic mass is 10.1. The number of hydrogen-bond acceptors (Lipinski definition) is 4. The number of nitrogens with zero attached hydrogens (tertiary/aromatic N) is 2. The molecule has 2 aromatic rings. The summed E-state index contributed by atoms with van der Waals surface area (Å²) in [4.78, 5) is 29.4. The largest absolute Gasteiger partial charge is 0.493 e. The van der Waals surface area contributed by atoms with Crippen molar-refractivity contribution in [1.82, 2.24) is 0 Å². The molecule has 0 aromatic heterocycles. The number of carbonyl (C=O) groups excluding carboxylic acids is 2. The minimum Gasteiger partial charge on any atom is -0.493 e. The van der Waals surface area contributed by atoms with E-state index in [9.17, 15) is 9.59 Å². The molecule has 1 fully saturated rings. The summed E-state index contributed by atoms with van der Waals surface area (Å²) in [5.41, 5.74) is 3.81. The maximum Gasteiger partial charge on any atom is 0.232 e. The highest BCUT2D eigenvalue weighted by Gasteiger charge is 2.37. The summed E-state index contributed by atoms with van der Waals surface area (Å²) in [6.07, 6.45) is 0.203. The number of rotatable bonds is 6. The van der Waals surface area contributed by atoms with Crippen molar-refractivity contribution in [2.75, 3.05) is 37.1 Å². The number of hydrogen-bond donors (Lipinski definition) is 0. The minimum atomic E-state index is -0.378. The Hall–Kier alpha value is -3.02. The van der Waals surface area contributed by atoms with Crippen molar-refractivity contribution in [2.45, 2.75) is 27.2 Å². The fraction of sp³-hybridized carbons (Fsp3) is 0.391. The highest BCUT2D eigenvalue weighted by Crippen LogP contribution is 2.34. The molecular formula is C23H28N2O4. The van der Waals surface area contributed by atoms with Gasteiger partial charge in [0.25, 0.3) is 0 Å². The van der Waals surface area contributed by atoms with E-state index in [-0.39, 0.29) is 24.2 Å². The SMILES string of the molecule is CCN(C(=O)C1CC(=O)N(c2ccc(OC)c(OC)c2)C1)c1cc(C)cc(C)c1. The van der Waals surface area contributed by atoms with Crippen LogP contribution in [0.5, 0.6) is 11.5 Å². The highest BCUT2D eigenvalue weighted by atomic mass is 16.5. The zero-order valence-corrected chi connectivity index (χ0v) is 17.7. The van der Waals surface area contributed by atoms with Gasteiger partial charge in [-0.15, -0.1) is 0 Å². The summed E-state index contributed by atoms with van der Waals surface area (Å²) in [5, 5.41) is 0. The van der Waals surface area contributed by atoms with E-state index in [1.54, 1.807) is 36.2 Å². The molecule has 1 aliphatic rings. The molecule has 0 saturated carbocycles. The van der Waals surface area contributed by atoms with Crippen LogP contribution in [0.2, 0.25) is 0 Å². The molecule has 2 aromatic carbocycles. The molecule has 3 rings (SSSR count). The number of methoxy groups -OCH3 is 2. The van der Waals surface area contributed by atoms with Crippen LogP contribution in [0.25, 0.3) is 0 Å². The van der Waals surface area contributed by atoms with Crippen molar-refractivity contribution < 1.29 is 19.1 Å². The van der Waals surface area contributed by atoms with Crippen molar-refractivity contribution in [3.05, 3.63) is 47.5 Å². The third kappa shape index (κ3) is 4.21. The van der Waals surface area contributed by atoms with E-state index in [1.165, 1.54) is 0 Å². The van der Waals surface area contributed by atoms with Gasteiger partial charge in [-0.25, -0.2) is 0 Å². The van der Waals surface area contributed by atoms with Gasteiger partial charge in [-0.2, -0.15) is 0 Å². The van der Waals surface area contributed by atoms with Crippen LogP contribution in [-0.4, -0.2) is 39.1 Å². The predicted molar refractivity (Wildman–Crippen MR) is 114 cm³/mol. The van der Waals surface area contributed by atoms with Gasteiger partial charge in [-0.1, -0.05) is 6.07 Å². The molecule has 6 nitrogen and oxygen atoms in total. The number of anilines is 2. The first-order valence-electron chi connectivity index (χ1n) is 9.80. The number of ether oxygens (including phenoxy) is 2. The Morgan fingerprint density at radius 1 is 1.07 bits per heavy atom. The third-order valence-corrected chi connectivity index (χ3v) is 5.25. The molecule has 1 unspecified atom stereocenters. The van der Waals surface area contributed by atoms with E-state index in [0.29, 0.717) is 30.3 Å². The fourth-order valence-corrected chi connectivity index (χ4v) is 3.91. The number of aryl methyl sites for hydroxylation is 2. The molecule has 1 heterocycles. The van der Waals surface area contributed by atoms with Gasteiger partial charge in [0, 0.05) is 37.0 Å². The van der Waals surface area contributed by atoms with Gasteiger partial charge in [0.2, 0.25) is 11.8 Å². The van der Waals surface area contributed by atoms with Crippen molar-refractivity contribution in [3.8, 4) is 11.5 Å². The molecule has 154 valence electrons. The fourth-order valence-electron chi connectivity index (χ4n) is 3.91. The maximum absolute atomic E-state index is 13.2. The van der Waals surface area contributed by atoms with Crippen molar-refractivity contribution in [2.24, 2.45) is 5.92 Å². The van der Waals surface area contributed by atoms with Gasteiger partial charge in [-0.3, -0.25) is 9.59 Å². The summed E-state index contributed by atoms with van der Waals surface area (Å²) < 4.78 is 10.6. The normalized spacial score (nSPS) is 16.1. The van der Waals surface area contributed by atoms with Crippen LogP contribution in [0.15, 0.2) is 36.4 Å². The second-order valence-electron chi connectivity index (χ2n) is 7.37. The summed E-state index contributed by atoms with van der Waals surface area (Å²) in [6, 6.07) is 11.5. The monoisotopic (exact) mass is 396 g/mol. The van der Waals surface area contributed by atoms with E-state index in [0.717, 1.165) is 16.8 Å². The Morgan fingerprint density at radius 2 is 1.72 bits per heavy atom. The summed E-state index contributed by atoms with van der Waals surface area (Å²) >= 11 is 0. The summed E-state index contributed by atoms with van der Waals surface area (Å²) in [5.74, 6) is 0.692. The van der Waals surface area contributed by atoms with Crippen LogP contribution in [0, 0.1) is 19.8 Å². The predicted octanol–water partition coefficient (Wildman–Crippen LogP) is 3.73. The van der Waals surface area contributed by atoms with Gasteiger partial charge in [-0.05, 0) is 56.2 Å². The van der Waals surface area contributed by atoms with Crippen molar-refractivity contribution in [3.63, 3.8) is 0 Å². The van der Waals surface area contributed by atoms with Gasteiger partial charge in [0.1, 0.15) is 0 Å². The van der Waals surface area contributed by atoms with Crippen molar-refractivity contribution in [1.29, 1.82) is 0 Å². The second-order valence-corrected chi connectivity index (χ2v) is 7.37. The molecule has 1 saturated heterocycles. The quantitative estimate of drug-likeness (QED) is 0.747. The lowest BCUT2D eigenvalue weighted by molar-refractivity contribution is -0.124. The molecule has 1 aliphatic heterocycles. The van der Waals surface area contributed by atoms with E-state index >= 15 is 0 Å². The lowest BCUT2D eigenvalue weighted by Gasteiger charge is -2.25.